The highest BCUT2D eigenvalue weighted by molar-refractivity contribution is 7.89. The molecule has 2 aromatic rings. The zero-order chi connectivity index (χ0) is 22.4. The van der Waals surface area contributed by atoms with Gasteiger partial charge in [-0.1, -0.05) is 42.5 Å². The van der Waals surface area contributed by atoms with E-state index in [1.807, 2.05) is 30.3 Å². The molecular weight excluding hydrogens is 418 g/mol. The molecule has 2 aromatic carbocycles. The van der Waals surface area contributed by atoms with Gasteiger partial charge in [0.1, 0.15) is 11.8 Å². The first kappa shape index (κ1) is 22.5. The second-order valence-corrected chi connectivity index (χ2v) is 9.41. The second-order valence-electron chi connectivity index (χ2n) is 7.27. The van der Waals surface area contributed by atoms with Crippen molar-refractivity contribution in [1.29, 1.82) is 0 Å². The van der Waals surface area contributed by atoms with Crippen molar-refractivity contribution >= 4 is 33.1 Å². The molecule has 0 bridgehead atoms. The van der Waals surface area contributed by atoms with Crippen molar-refractivity contribution < 1.29 is 22.7 Å². The van der Waals surface area contributed by atoms with E-state index in [1.54, 1.807) is 31.2 Å². The minimum Gasteiger partial charge on any atom is -0.461 e. The van der Waals surface area contributed by atoms with E-state index in [4.69, 9.17) is 4.74 Å². The molecule has 0 radical (unpaired) electrons. The lowest BCUT2D eigenvalue weighted by molar-refractivity contribution is -0.135. The van der Waals surface area contributed by atoms with E-state index < -0.39 is 21.8 Å². The first-order valence-corrected chi connectivity index (χ1v) is 11.9. The number of nitrogens with zero attached hydrogens (tertiary/aromatic N) is 2. The summed E-state index contributed by atoms with van der Waals surface area (Å²) in [6.07, 6.45) is 1.33. The van der Waals surface area contributed by atoms with Crippen molar-refractivity contribution in [2.45, 2.75) is 31.7 Å². The number of esters is 1. The summed E-state index contributed by atoms with van der Waals surface area (Å²) in [6, 6.07) is 15.5. The number of para-hydroxylation sites is 1. The van der Waals surface area contributed by atoms with Gasteiger partial charge in [0.25, 0.3) is 0 Å². The second kappa shape index (κ2) is 9.74. The predicted octanol–water partition coefficient (Wildman–Crippen LogP) is 2.05. The molecule has 1 heterocycles. The highest BCUT2D eigenvalue weighted by Gasteiger charge is 2.36. The number of hydrogen-bond acceptors (Lipinski definition) is 7. The Hall–Kier alpha value is -3.20. The summed E-state index contributed by atoms with van der Waals surface area (Å²) in [7, 11) is -3.10. The third kappa shape index (κ3) is 6.14. The molecule has 1 unspecified atom stereocenters. The molecular formula is C22H25N3O5S. The molecule has 1 aliphatic heterocycles. The standard InChI is InChI=1S/C22H25N3O5S/c1-3-30-22(27)19-13-20(25(24-19)18-7-5-4-6-8-18)21(26)23-14-16-9-11-17(12-10-16)15-31(2,28)29/h4-12,20H,3,13-15H2,1-2H3,(H,23,26). The van der Waals surface area contributed by atoms with Gasteiger partial charge in [-0.05, 0) is 30.2 Å². The fraction of sp³-hybridized carbons (Fsp3) is 0.318. The molecule has 8 nitrogen and oxygen atoms in total. The lowest BCUT2D eigenvalue weighted by Gasteiger charge is -2.22. The number of hydrazone groups is 1. The van der Waals surface area contributed by atoms with Crippen molar-refractivity contribution in [2.24, 2.45) is 5.10 Å². The van der Waals surface area contributed by atoms with E-state index in [0.29, 0.717) is 11.3 Å². The molecule has 0 spiro atoms. The van der Waals surface area contributed by atoms with Crippen LogP contribution < -0.4 is 10.3 Å². The summed E-state index contributed by atoms with van der Waals surface area (Å²) in [5.41, 5.74) is 2.43. The van der Waals surface area contributed by atoms with Crippen molar-refractivity contribution in [2.75, 3.05) is 17.9 Å². The van der Waals surface area contributed by atoms with E-state index in [2.05, 4.69) is 10.4 Å². The Morgan fingerprint density at radius 3 is 2.35 bits per heavy atom. The Labute approximate surface area is 181 Å². The number of nitrogens with one attached hydrogen (secondary N) is 1. The molecule has 1 N–H and O–H groups in total. The number of hydrogen-bond donors (Lipinski definition) is 1. The molecule has 164 valence electrons. The third-order valence-corrected chi connectivity index (χ3v) is 5.52. The number of carbonyl (C=O) groups excluding carboxylic acids is 2. The van der Waals surface area contributed by atoms with Crippen molar-refractivity contribution in [3.05, 3.63) is 65.7 Å². The maximum atomic E-state index is 12.9. The van der Waals surface area contributed by atoms with Crippen LogP contribution in [0.3, 0.4) is 0 Å². The molecule has 1 atom stereocenters. The van der Waals surface area contributed by atoms with Gasteiger partial charge in [0.2, 0.25) is 5.91 Å². The Morgan fingerprint density at radius 1 is 1.10 bits per heavy atom. The number of carbonyl (C=O) groups is 2. The van der Waals surface area contributed by atoms with Crippen LogP contribution in [0, 0.1) is 0 Å². The molecule has 9 heteroatoms. The van der Waals surface area contributed by atoms with Crippen molar-refractivity contribution in [3.8, 4) is 0 Å². The van der Waals surface area contributed by atoms with Gasteiger partial charge in [0.15, 0.2) is 9.84 Å². The Bertz CT molecular complexity index is 1070. The Kier molecular flexibility index (Phi) is 7.06. The zero-order valence-corrected chi connectivity index (χ0v) is 18.3. The average Bonchev–Trinajstić information content (AvgIpc) is 3.18. The molecule has 0 fully saturated rings. The van der Waals surface area contributed by atoms with Gasteiger partial charge in [-0.15, -0.1) is 0 Å². The SMILES string of the molecule is CCOC(=O)C1=NN(c2ccccc2)C(C(=O)NCc2ccc(CS(C)(=O)=O)cc2)C1. The molecule has 0 aliphatic carbocycles. The summed E-state index contributed by atoms with van der Waals surface area (Å²) < 4.78 is 27.9. The molecule has 0 saturated carbocycles. The lowest BCUT2D eigenvalue weighted by Crippen LogP contribution is -2.42. The van der Waals surface area contributed by atoms with Crippen LogP contribution in [0.1, 0.15) is 24.5 Å². The number of rotatable bonds is 8. The van der Waals surface area contributed by atoms with Crippen LogP contribution in [0.25, 0.3) is 0 Å². The Balaban J connectivity index is 1.68. The van der Waals surface area contributed by atoms with E-state index in [-0.39, 0.29) is 36.9 Å². The van der Waals surface area contributed by atoms with Gasteiger partial charge in [-0.3, -0.25) is 9.80 Å². The van der Waals surface area contributed by atoms with Gasteiger partial charge >= 0.3 is 5.97 Å². The molecule has 0 aromatic heterocycles. The minimum absolute atomic E-state index is 0.0261. The molecule has 3 rings (SSSR count). The highest BCUT2D eigenvalue weighted by Crippen LogP contribution is 2.25. The Morgan fingerprint density at radius 2 is 1.74 bits per heavy atom. The highest BCUT2D eigenvalue weighted by atomic mass is 32.2. The molecule has 1 amide bonds. The summed E-state index contributed by atoms with van der Waals surface area (Å²) in [5, 5.41) is 8.75. The molecule has 31 heavy (non-hydrogen) atoms. The maximum absolute atomic E-state index is 12.9. The van der Waals surface area contributed by atoms with Gasteiger partial charge in [-0.2, -0.15) is 5.10 Å². The number of benzene rings is 2. The van der Waals surface area contributed by atoms with Crippen molar-refractivity contribution in [3.63, 3.8) is 0 Å². The van der Waals surface area contributed by atoms with Gasteiger partial charge < -0.3 is 10.1 Å². The first-order chi connectivity index (χ1) is 14.8. The quantitative estimate of drug-likeness (QED) is 0.626. The van der Waals surface area contributed by atoms with E-state index in [1.165, 1.54) is 11.3 Å². The topological polar surface area (TPSA) is 105 Å². The van der Waals surface area contributed by atoms with Crippen LogP contribution in [0.4, 0.5) is 5.69 Å². The fourth-order valence-corrected chi connectivity index (χ4v) is 4.03. The summed E-state index contributed by atoms with van der Waals surface area (Å²) in [5.74, 6) is -0.825. The van der Waals surface area contributed by atoms with Crippen LogP contribution in [0.5, 0.6) is 0 Å². The van der Waals surface area contributed by atoms with Crippen LogP contribution in [-0.4, -0.2) is 44.9 Å². The summed E-state index contributed by atoms with van der Waals surface area (Å²) in [6.45, 7) is 2.22. The zero-order valence-electron chi connectivity index (χ0n) is 17.4. The summed E-state index contributed by atoms with van der Waals surface area (Å²) >= 11 is 0. The first-order valence-electron chi connectivity index (χ1n) is 9.89. The smallest absolute Gasteiger partial charge is 0.354 e. The minimum atomic E-state index is -3.10. The van der Waals surface area contributed by atoms with E-state index in [9.17, 15) is 18.0 Å². The predicted molar refractivity (Wildman–Crippen MR) is 118 cm³/mol. The van der Waals surface area contributed by atoms with Crippen LogP contribution >= 0.6 is 0 Å². The van der Waals surface area contributed by atoms with Crippen molar-refractivity contribution in [1.82, 2.24) is 5.32 Å². The molecule has 0 saturated heterocycles. The van der Waals surface area contributed by atoms with Gasteiger partial charge in [0.05, 0.1) is 18.0 Å². The number of amides is 1. The van der Waals surface area contributed by atoms with Crippen LogP contribution in [0.2, 0.25) is 0 Å². The van der Waals surface area contributed by atoms with E-state index >= 15 is 0 Å². The van der Waals surface area contributed by atoms with Gasteiger partial charge in [0, 0.05) is 19.2 Å². The third-order valence-electron chi connectivity index (χ3n) is 4.66. The van der Waals surface area contributed by atoms with Crippen LogP contribution in [-0.2, 0) is 36.5 Å². The van der Waals surface area contributed by atoms with E-state index in [0.717, 1.165) is 5.56 Å². The number of anilines is 1. The monoisotopic (exact) mass is 443 g/mol. The van der Waals surface area contributed by atoms with Gasteiger partial charge in [-0.25, -0.2) is 13.2 Å². The fourth-order valence-electron chi connectivity index (χ4n) is 3.23. The largest absolute Gasteiger partial charge is 0.461 e. The summed E-state index contributed by atoms with van der Waals surface area (Å²) in [4.78, 5) is 25.1. The number of ether oxygens (including phenoxy) is 1. The van der Waals surface area contributed by atoms with Crippen LogP contribution in [0.15, 0.2) is 59.7 Å². The molecule has 1 aliphatic rings. The lowest BCUT2D eigenvalue weighted by atomic mass is 10.1. The average molecular weight is 444 g/mol. The number of sulfone groups is 1. The normalized spacial score (nSPS) is 16.0. The maximum Gasteiger partial charge on any atom is 0.354 e.